The van der Waals surface area contributed by atoms with Crippen LogP contribution in [0.15, 0.2) is 30.8 Å². The second kappa shape index (κ2) is 4.13. The zero-order chi connectivity index (χ0) is 6.69. The molecule has 54 valence electrons. The number of hydrogen-bond acceptors (Lipinski definition) is 0. The van der Waals surface area contributed by atoms with E-state index < -0.39 is 0 Å². The zero-order valence-corrected chi connectivity index (χ0v) is 6.82. The molecule has 0 fully saturated rings. The Balaban J connectivity index is 0.000000810. The highest BCUT2D eigenvalue weighted by Crippen LogP contribution is 2.02. The van der Waals surface area contributed by atoms with Crippen molar-refractivity contribution in [1.29, 1.82) is 0 Å². The predicted octanol–water partition coefficient (Wildman–Crippen LogP) is 3.06. The maximum absolute atomic E-state index is 3.66. The van der Waals surface area contributed by atoms with E-state index in [0.717, 1.165) is 0 Å². The first kappa shape index (κ1) is 9.25. The molecular formula is C9H11Cl. The predicted molar refractivity (Wildman–Crippen MR) is 48.5 cm³/mol. The highest BCUT2D eigenvalue weighted by molar-refractivity contribution is 5.85. The molecule has 1 aromatic carbocycles. The van der Waals surface area contributed by atoms with Gasteiger partial charge in [-0.1, -0.05) is 42.5 Å². The molecule has 0 N–H and O–H groups in total. The van der Waals surface area contributed by atoms with Crippen LogP contribution in [0, 0.1) is 6.92 Å². The van der Waals surface area contributed by atoms with Gasteiger partial charge >= 0.3 is 0 Å². The topological polar surface area (TPSA) is 0 Å². The van der Waals surface area contributed by atoms with Gasteiger partial charge < -0.3 is 0 Å². The fraction of sp³-hybridized carbons (Fsp3) is 0.111. The lowest BCUT2D eigenvalue weighted by Gasteiger charge is -1.91. The second-order valence-corrected chi connectivity index (χ2v) is 2.11. The monoisotopic (exact) mass is 154 g/mol. The lowest BCUT2D eigenvalue weighted by molar-refractivity contribution is 1.46. The molecule has 0 saturated heterocycles. The Labute approximate surface area is 68.0 Å². The summed E-state index contributed by atoms with van der Waals surface area (Å²) in [5, 5.41) is 0. The van der Waals surface area contributed by atoms with Crippen molar-refractivity contribution in [3.8, 4) is 0 Å². The molecule has 0 bridgehead atoms. The lowest BCUT2D eigenvalue weighted by Crippen LogP contribution is -1.71. The van der Waals surface area contributed by atoms with Crippen molar-refractivity contribution in [2.75, 3.05) is 0 Å². The maximum Gasteiger partial charge on any atom is -0.0262 e. The van der Waals surface area contributed by atoms with Crippen molar-refractivity contribution < 1.29 is 0 Å². The van der Waals surface area contributed by atoms with Crippen molar-refractivity contribution >= 4 is 18.5 Å². The van der Waals surface area contributed by atoms with Crippen LogP contribution in [0.2, 0.25) is 0 Å². The van der Waals surface area contributed by atoms with Gasteiger partial charge in [-0.3, -0.25) is 0 Å². The van der Waals surface area contributed by atoms with E-state index in [1.54, 1.807) is 0 Å². The summed E-state index contributed by atoms with van der Waals surface area (Å²) >= 11 is 0. The van der Waals surface area contributed by atoms with Crippen LogP contribution >= 0.6 is 12.4 Å². The molecule has 0 aliphatic rings. The van der Waals surface area contributed by atoms with Gasteiger partial charge in [0.15, 0.2) is 0 Å². The van der Waals surface area contributed by atoms with Gasteiger partial charge in [0.2, 0.25) is 0 Å². The zero-order valence-electron chi connectivity index (χ0n) is 6.00. The summed E-state index contributed by atoms with van der Waals surface area (Å²) in [4.78, 5) is 0. The molecule has 0 nitrogen and oxygen atoms in total. The van der Waals surface area contributed by atoms with Crippen LogP contribution < -0.4 is 0 Å². The van der Waals surface area contributed by atoms with Gasteiger partial charge in [-0.05, 0) is 12.5 Å². The third-order valence-electron chi connectivity index (χ3n) is 1.31. The first-order valence-electron chi connectivity index (χ1n) is 3.02. The molecule has 0 heterocycles. The van der Waals surface area contributed by atoms with E-state index in [9.17, 15) is 0 Å². The lowest BCUT2D eigenvalue weighted by atomic mass is 10.2. The molecule has 0 saturated carbocycles. The van der Waals surface area contributed by atoms with Crippen molar-refractivity contribution in [2.45, 2.75) is 6.92 Å². The maximum atomic E-state index is 3.66. The molecule has 1 aromatic rings. The highest BCUT2D eigenvalue weighted by atomic mass is 35.5. The first-order valence-corrected chi connectivity index (χ1v) is 3.02. The largest absolute Gasteiger partial charge is 0.147 e. The van der Waals surface area contributed by atoms with E-state index in [0.29, 0.717) is 0 Å². The van der Waals surface area contributed by atoms with Crippen LogP contribution in [0.4, 0.5) is 0 Å². The standard InChI is InChI=1S/C9H10.ClH/c1-3-9-6-4-8(2)5-7-9;/h3-7H,1H2,2H3;1H. The molecule has 10 heavy (non-hydrogen) atoms. The summed E-state index contributed by atoms with van der Waals surface area (Å²) in [6.45, 7) is 5.74. The van der Waals surface area contributed by atoms with Crippen molar-refractivity contribution in [2.24, 2.45) is 0 Å². The minimum atomic E-state index is 0. The fourth-order valence-electron chi connectivity index (χ4n) is 0.703. The molecule has 0 atom stereocenters. The average molecular weight is 155 g/mol. The normalized spacial score (nSPS) is 8.10. The van der Waals surface area contributed by atoms with Crippen LogP contribution in [-0.4, -0.2) is 0 Å². The van der Waals surface area contributed by atoms with Crippen LogP contribution in [0.3, 0.4) is 0 Å². The Morgan fingerprint density at radius 3 is 2.10 bits per heavy atom. The van der Waals surface area contributed by atoms with Crippen LogP contribution in [0.5, 0.6) is 0 Å². The number of hydrogen-bond donors (Lipinski definition) is 0. The molecule has 0 radical (unpaired) electrons. The first-order chi connectivity index (χ1) is 4.33. The van der Waals surface area contributed by atoms with Gasteiger partial charge in [0.25, 0.3) is 0 Å². The van der Waals surface area contributed by atoms with E-state index in [-0.39, 0.29) is 12.4 Å². The highest BCUT2D eigenvalue weighted by Gasteiger charge is 1.82. The molecular weight excluding hydrogens is 144 g/mol. The second-order valence-electron chi connectivity index (χ2n) is 2.11. The number of aryl methyl sites for hydroxylation is 1. The van der Waals surface area contributed by atoms with Gasteiger partial charge in [0, 0.05) is 0 Å². The molecule has 1 rings (SSSR count). The molecule has 0 aliphatic heterocycles. The van der Waals surface area contributed by atoms with Crippen LogP contribution in [0.25, 0.3) is 6.08 Å². The smallest absolute Gasteiger partial charge is 0.0262 e. The number of rotatable bonds is 1. The molecule has 0 amide bonds. The van der Waals surface area contributed by atoms with E-state index >= 15 is 0 Å². The third-order valence-corrected chi connectivity index (χ3v) is 1.31. The Morgan fingerprint density at radius 1 is 1.20 bits per heavy atom. The van der Waals surface area contributed by atoms with Crippen molar-refractivity contribution in [1.82, 2.24) is 0 Å². The van der Waals surface area contributed by atoms with Gasteiger partial charge in [-0.2, -0.15) is 0 Å². The third kappa shape index (κ3) is 2.24. The van der Waals surface area contributed by atoms with Crippen LogP contribution in [-0.2, 0) is 0 Å². The molecule has 0 unspecified atom stereocenters. The average Bonchev–Trinajstić information content (AvgIpc) is 1.90. The molecule has 1 heteroatoms. The Kier molecular flexibility index (Phi) is 3.82. The molecule has 0 aromatic heterocycles. The Morgan fingerprint density at radius 2 is 1.70 bits per heavy atom. The van der Waals surface area contributed by atoms with Crippen LogP contribution in [0.1, 0.15) is 11.1 Å². The number of benzene rings is 1. The van der Waals surface area contributed by atoms with Gasteiger partial charge in [-0.15, -0.1) is 12.4 Å². The summed E-state index contributed by atoms with van der Waals surface area (Å²) in [6.07, 6.45) is 1.85. The van der Waals surface area contributed by atoms with Crippen molar-refractivity contribution in [3.05, 3.63) is 42.0 Å². The Hall–Kier alpha value is -0.750. The quantitative estimate of drug-likeness (QED) is 0.583. The van der Waals surface area contributed by atoms with Gasteiger partial charge in [-0.25, -0.2) is 0 Å². The van der Waals surface area contributed by atoms with E-state index in [4.69, 9.17) is 0 Å². The van der Waals surface area contributed by atoms with Crippen molar-refractivity contribution in [3.63, 3.8) is 0 Å². The minimum Gasteiger partial charge on any atom is -0.147 e. The summed E-state index contributed by atoms with van der Waals surface area (Å²) < 4.78 is 0. The molecule has 0 spiro atoms. The fourth-order valence-corrected chi connectivity index (χ4v) is 0.703. The van der Waals surface area contributed by atoms with E-state index in [2.05, 4.69) is 37.8 Å². The summed E-state index contributed by atoms with van der Waals surface area (Å²) in [5.74, 6) is 0. The molecule has 0 aliphatic carbocycles. The van der Waals surface area contributed by atoms with Gasteiger partial charge in [0.05, 0.1) is 0 Å². The number of halogens is 1. The summed E-state index contributed by atoms with van der Waals surface area (Å²) in [7, 11) is 0. The summed E-state index contributed by atoms with van der Waals surface area (Å²) in [6, 6.07) is 8.28. The van der Waals surface area contributed by atoms with E-state index in [1.165, 1.54) is 11.1 Å². The summed E-state index contributed by atoms with van der Waals surface area (Å²) in [5.41, 5.74) is 2.47. The van der Waals surface area contributed by atoms with Gasteiger partial charge in [0.1, 0.15) is 0 Å². The SMILES string of the molecule is C=Cc1ccc(C)cc1.Cl. The van der Waals surface area contributed by atoms with E-state index in [1.807, 2.05) is 6.08 Å². The minimum absolute atomic E-state index is 0. The Bertz CT molecular complexity index is 198.